The first-order valence-electron chi connectivity index (χ1n) is 9.87. The third-order valence-electron chi connectivity index (χ3n) is 5.17. The number of anilines is 3. The van der Waals surface area contributed by atoms with E-state index in [0.717, 1.165) is 11.2 Å². The number of piperazine rings is 1. The van der Waals surface area contributed by atoms with Gasteiger partial charge in [-0.2, -0.15) is 10.1 Å². The molecule has 0 saturated carbocycles. The van der Waals surface area contributed by atoms with Gasteiger partial charge >= 0.3 is 0 Å². The van der Waals surface area contributed by atoms with Crippen LogP contribution in [0.5, 0.6) is 0 Å². The van der Waals surface area contributed by atoms with E-state index in [4.69, 9.17) is 16.6 Å². The van der Waals surface area contributed by atoms with Crippen molar-refractivity contribution in [3.05, 3.63) is 59.1 Å². The Balaban J connectivity index is 1.35. The Morgan fingerprint density at radius 2 is 2.03 bits per heavy atom. The summed E-state index contributed by atoms with van der Waals surface area (Å²) in [5.74, 6) is 1.83. The van der Waals surface area contributed by atoms with Crippen molar-refractivity contribution < 1.29 is 4.79 Å². The Morgan fingerprint density at radius 3 is 2.77 bits per heavy atom. The molecular formula is C20H20ClN9O. The number of amides is 1. The summed E-state index contributed by atoms with van der Waals surface area (Å²) in [6, 6.07) is 9.19. The normalized spacial score (nSPS) is 14.3. The minimum absolute atomic E-state index is 0.115. The number of aromatic nitrogens is 6. The summed E-state index contributed by atoms with van der Waals surface area (Å²) in [4.78, 5) is 25.4. The summed E-state index contributed by atoms with van der Waals surface area (Å²) >= 11 is 6.09. The van der Waals surface area contributed by atoms with Gasteiger partial charge in [-0.25, -0.2) is 9.50 Å². The number of aromatic amines is 1. The van der Waals surface area contributed by atoms with Crippen LogP contribution in [0.25, 0.3) is 5.52 Å². The quantitative estimate of drug-likeness (QED) is 0.472. The van der Waals surface area contributed by atoms with Crippen LogP contribution in [-0.2, 0) is 0 Å². The van der Waals surface area contributed by atoms with Gasteiger partial charge in [-0.3, -0.25) is 9.89 Å². The molecule has 4 aromatic heterocycles. The minimum Gasteiger partial charge on any atom is -0.336 e. The second kappa shape index (κ2) is 7.88. The zero-order valence-corrected chi connectivity index (χ0v) is 17.5. The molecule has 0 aromatic carbocycles. The van der Waals surface area contributed by atoms with Crippen molar-refractivity contribution >= 4 is 40.6 Å². The van der Waals surface area contributed by atoms with Crippen LogP contribution in [0, 0.1) is 6.92 Å². The summed E-state index contributed by atoms with van der Waals surface area (Å²) in [5.41, 5.74) is 2.23. The summed E-state index contributed by atoms with van der Waals surface area (Å²) in [5, 5.41) is 15.3. The standard InChI is InChI=1S/C20H20ClN9O/c1-13-12-16(26-25-13)23-18-15-5-3-7-30(15)27-20(24-18)29-10-8-28(9-11-29)19(31)14-4-2-6-22-17(14)21/h2-7,12H,8-11H2,1H3,(H2,23,24,25,26,27). The number of carbonyl (C=O) groups is 1. The maximum Gasteiger partial charge on any atom is 0.257 e. The molecule has 0 unspecified atom stereocenters. The Kier molecular flexibility index (Phi) is 4.91. The number of hydrogen-bond donors (Lipinski definition) is 2. The lowest BCUT2D eigenvalue weighted by Gasteiger charge is -2.34. The van der Waals surface area contributed by atoms with Crippen LogP contribution in [-0.4, -0.2) is 66.8 Å². The van der Waals surface area contributed by atoms with Crippen molar-refractivity contribution in [2.75, 3.05) is 36.4 Å². The number of aryl methyl sites for hydroxylation is 1. The average molecular weight is 438 g/mol. The summed E-state index contributed by atoms with van der Waals surface area (Å²) < 4.78 is 1.79. The highest BCUT2D eigenvalue weighted by Crippen LogP contribution is 2.23. The molecule has 5 heterocycles. The van der Waals surface area contributed by atoms with Crippen molar-refractivity contribution in [3.63, 3.8) is 0 Å². The third kappa shape index (κ3) is 3.77. The average Bonchev–Trinajstić information content (AvgIpc) is 3.42. The number of halogens is 1. The molecule has 1 saturated heterocycles. The molecular weight excluding hydrogens is 418 g/mol. The maximum atomic E-state index is 12.8. The second-order valence-corrected chi connectivity index (χ2v) is 7.64. The van der Waals surface area contributed by atoms with Crippen LogP contribution in [0.2, 0.25) is 5.15 Å². The van der Waals surface area contributed by atoms with E-state index in [1.165, 1.54) is 0 Å². The predicted octanol–water partition coefficient (Wildman–Crippen LogP) is 2.52. The Hall–Kier alpha value is -3.66. The molecule has 0 atom stereocenters. The molecule has 0 radical (unpaired) electrons. The van der Waals surface area contributed by atoms with Crippen LogP contribution in [0.1, 0.15) is 16.1 Å². The molecule has 1 amide bonds. The van der Waals surface area contributed by atoms with E-state index in [-0.39, 0.29) is 11.1 Å². The predicted molar refractivity (Wildman–Crippen MR) is 117 cm³/mol. The van der Waals surface area contributed by atoms with Crippen molar-refractivity contribution in [1.82, 2.24) is 34.7 Å². The SMILES string of the molecule is Cc1cc(Nc2nc(N3CCN(C(=O)c4cccnc4Cl)CC3)nn3cccc23)n[nH]1. The van der Waals surface area contributed by atoms with Gasteiger partial charge in [0.05, 0.1) is 5.56 Å². The molecule has 4 aromatic rings. The summed E-state index contributed by atoms with van der Waals surface area (Å²) in [6.45, 7) is 4.24. The highest BCUT2D eigenvalue weighted by atomic mass is 35.5. The number of fused-ring (bicyclic) bond motifs is 1. The number of hydrogen-bond acceptors (Lipinski definition) is 7. The van der Waals surface area contributed by atoms with Gasteiger partial charge in [0.15, 0.2) is 11.6 Å². The Morgan fingerprint density at radius 1 is 1.19 bits per heavy atom. The van der Waals surface area contributed by atoms with E-state index >= 15 is 0 Å². The summed E-state index contributed by atoms with van der Waals surface area (Å²) in [6.07, 6.45) is 3.45. The fourth-order valence-electron chi connectivity index (χ4n) is 3.58. The smallest absolute Gasteiger partial charge is 0.257 e. The summed E-state index contributed by atoms with van der Waals surface area (Å²) in [7, 11) is 0. The van der Waals surface area contributed by atoms with Gasteiger partial charge in [0.2, 0.25) is 5.95 Å². The molecule has 1 aliphatic heterocycles. The maximum absolute atomic E-state index is 12.8. The molecule has 158 valence electrons. The Bertz CT molecular complexity index is 1240. The molecule has 2 N–H and O–H groups in total. The number of H-pyrrole nitrogens is 1. The zero-order chi connectivity index (χ0) is 21.4. The fourth-order valence-corrected chi connectivity index (χ4v) is 3.78. The molecule has 1 aliphatic rings. The van der Waals surface area contributed by atoms with E-state index < -0.39 is 0 Å². The van der Waals surface area contributed by atoms with E-state index in [2.05, 4.69) is 30.5 Å². The first kappa shape index (κ1) is 19.3. The first-order valence-corrected chi connectivity index (χ1v) is 10.3. The Labute approximate surface area is 182 Å². The molecule has 10 nitrogen and oxygen atoms in total. The topological polar surface area (TPSA) is 107 Å². The molecule has 0 bridgehead atoms. The lowest BCUT2D eigenvalue weighted by molar-refractivity contribution is 0.0746. The largest absolute Gasteiger partial charge is 0.336 e. The van der Waals surface area contributed by atoms with E-state index in [1.54, 1.807) is 27.7 Å². The highest BCUT2D eigenvalue weighted by Gasteiger charge is 2.25. The molecule has 0 aliphatic carbocycles. The number of nitrogens with one attached hydrogen (secondary N) is 2. The van der Waals surface area contributed by atoms with Crippen molar-refractivity contribution in [2.45, 2.75) is 6.92 Å². The molecule has 5 rings (SSSR count). The molecule has 0 spiro atoms. The molecule has 1 fully saturated rings. The van der Waals surface area contributed by atoms with Gasteiger partial charge in [0.25, 0.3) is 5.91 Å². The number of pyridine rings is 1. The minimum atomic E-state index is -0.115. The van der Waals surface area contributed by atoms with Crippen LogP contribution in [0.3, 0.4) is 0 Å². The van der Waals surface area contributed by atoms with Crippen molar-refractivity contribution in [3.8, 4) is 0 Å². The van der Waals surface area contributed by atoms with E-state index in [0.29, 0.717) is 49.3 Å². The van der Waals surface area contributed by atoms with Crippen LogP contribution in [0.4, 0.5) is 17.6 Å². The molecule has 31 heavy (non-hydrogen) atoms. The fraction of sp³-hybridized carbons (Fsp3) is 0.250. The van der Waals surface area contributed by atoms with Gasteiger partial charge in [-0.1, -0.05) is 11.6 Å². The van der Waals surface area contributed by atoms with Crippen molar-refractivity contribution in [2.24, 2.45) is 0 Å². The van der Waals surface area contributed by atoms with Crippen LogP contribution >= 0.6 is 11.6 Å². The lowest BCUT2D eigenvalue weighted by atomic mass is 10.2. The van der Waals surface area contributed by atoms with Gasteiger partial charge < -0.3 is 15.1 Å². The van der Waals surface area contributed by atoms with Gasteiger partial charge in [0, 0.05) is 50.3 Å². The number of carbonyl (C=O) groups excluding carboxylic acids is 1. The first-order chi connectivity index (χ1) is 15.1. The number of nitrogens with zero attached hydrogens (tertiary/aromatic N) is 7. The molecule has 11 heteroatoms. The van der Waals surface area contributed by atoms with Gasteiger partial charge in [0.1, 0.15) is 10.7 Å². The van der Waals surface area contributed by atoms with Crippen LogP contribution in [0.15, 0.2) is 42.7 Å². The number of rotatable bonds is 4. The van der Waals surface area contributed by atoms with Gasteiger partial charge in [-0.05, 0) is 31.2 Å². The van der Waals surface area contributed by atoms with E-state index in [1.807, 2.05) is 31.3 Å². The highest BCUT2D eigenvalue weighted by molar-refractivity contribution is 6.32. The monoisotopic (exact) mass is 437 g/mol. The lowest BCUT2D eigenvalue weighted by Crippen LogP contribution is -2.49. The van der Waals surface area contributed by atoms with Crippen molar-refractivity contribution in [1.29, 1.82) is 0 Å². The van der Waals surface area contributed by atoms with E-state index in [9.17, 15) is 4.79 Å². The van der Waals surface area contributed by atoms with Crippen LogP contribution < -0.4 is 10.2 Å². The zero-order valence-electron chi connectivity index (χ0n) is 16.8. The third-order valence-corrected chi connectivity index (χ3v) is 5.47. The second-order valence-electron chi connectivity index (χ2n) is 7.28. The van der Waals surface area contributed by atoms with Gasteiger partial charge in [-0.15, -0.1) is 5.10 Å².